The minimum Gasteiger partial charge on any atom is -0.379 e. The first kappa shape index (κ1) is 13.4. The predicted molar refractivity (Wildman–Crippen MR) is 57.0 cm³/mol. The van der Waals surface area contributed by atoms with Crippen molar-refractivity contribution in [1.82, 2.24) is 10.2 Å². The van der Waals surface area contributed by atoms with Gasteiger partial charge in [-0.3, -0.25) is 0 Å². The molecule has 4 heteroatoms. The summed E-state index contributed by atoms with van der Waals surface area (Å²) in [7, 11) is 4.05. The van der Waals surface area contributed by atoms with E-state index in [0.717, 1.165) is 26.2 Å². The van der Waals surface area contributed by atoms with Gasteiger partial charge in [-0.25, -0.2) is 0 Å². The summed E-state index contributed by atoms with van der Waals surface area (Å²) < 4.78 is 5.37. The van der Waals surface area contributed by atoms with Crippen molar-refractivity contribution in [2.24, 2.45) is 5.92 Å². The summed E-state index contributed by atoms with van der Waals surface area (Å²) in [6.07, 6.45) is 0. The van der Waals surface area contributed by atoms with Crippen LogP contribution in [0.5, 0.6) is 0 Å². The molecule has 0 radical (unpaired) electrons. The van der Waals surface area contributed by atoms with E-state index in [1.54, 1.807) is 0 Å². The first-order valence-electron chi connectivity index (χ1n) is 4.99. The largest absolute Gasteiger partial charge is 0.379 e. The number of ether oxygens (including phenoxy) is 1. The Morgan fingerprint density at radius 2 is 2.14 bits per heavy atom. The third kappa shape index (κ3) is 9.46. The number of nitrogens with one attached hydrogen (secondary N) is 1. The summed E-state index contributed by atoms with van der Waals surface area (Å²) >= 11 is 0. The molecule has 82 valence electrons. The van der Waals surface area contributed by atoms with Gasteiger partial charge < -0.3 is 15.0 Å². The van der Waals surface area contributed by atoms with Crippen LogP contribution in [0.15, 0.2) is 0 Å². The van der Waals surface area contributed by atoms with Crippen LogP contribution in [0, 0.1) is 17.2 Å². The van der Waals surface area contributed by atoms with Gasteiger partial charge in [0, 0.05) is 19.6 Å². The Balaban J connectivity index is 3.04. The minimum absolute atomic E-state index is 0.0803. The summed E-state index contributed by atoms with van der Waals surface area (Å²) in [4.78, 5) is 2.09. The molecule has 0 aromatic carbocycles. The van der Waals surface area contributed by atoms with Crippen molar-refractivity contribution in [3.8, 4) is 6.07 Å². The Hall–Kier alpha value is -0.630. The number of likely N-dealkylation sites (N-methyl/N-ethyl adjacent to an activating group) is 1. The topological polar surface area (TPSA) is 48.3 Å². The molecule has 1 N–H and O–H groups in total. The summed E-state index contributed by atoms with van der Waals surface area (Å²) in [5.41, 5.74) is 0. The standard InChI is InChI=1S/C10H21N3O/c1-10(8-11)9-12-4-6-14-7-5-13(2)3/h10,12H,4-7,9H2,1-3H3. The summed E-state index contributed by atoms with van der Waals surface area (Å²) in [5, 5.41) is 11.7. The van der Waals surface area contributed by atoms with Crippen LogP contribution < -0.4 is 5.32 Å². The highest BCUT2D eigenvalue weighted by Gasteiger charge is 1.97. The van der Waals surface area contributed by atoms with Gasteiger partial charge >= 0.3 is 0 Å². The van der Waals surface area contributed by atoms with Gasteiger partial charge in [0.15, 0.2) is 0 Å². The molecular formula is C10H21N3O. The third-order valence-corrected chi connectivity index (χ3v) is 1.78. The predicted octanol–water partition coefficient (Wildman–Crippen LogP) is 0.314. The fraction of sp³-hybridized carbons (Fsp3) is 0.900. The molecule has 0 aliphatic rings. The van der Waals surface area contributed by atoms with Crippen LogP contribution in [-0.2, 0) is 4.74 Å². The molecule has 0 saturated carbocycles. The van der Waals surface area contributed by atoms with Crippen molar-refractivity contribution >= 4 is 0 Å². The highest BCUT2D eigenvalue weighted by atomic mass is 16.5. The SMILES string of the molecule is CC(C#N)CNCCOCCN(C)C. The average molecular weight is 199 g/mol. The number of nitrogens with zero attached hydrogens (tertiary/aromatic N) is 2. The van der Waals surface area contributed by atoms with Crippen LogP contribution in [0.2, 0.25) is 0 Å². The third-order valence-electron chi connectivity index (χ3n) is 1.78. The molecule has 0 aromatic heterocycles. The molecular weight excluding hydrogens is 178 g/mol. The lowest BCUT2D eigenvalue weighted by atomic mass is 10.2. The van der Waals surface area contributed by atoms with Crippen LogP contribution in [-0.4, -0.2) is 51.8 Å². The highest BCUT2D eigenvalue weighted by Crippen LogP contribution is 1.86. The Bertz CT molecular complexity index is 165. The molecule has 0 aliphatic heterocycles. The Morgan fingerprint density at radius 3 is 2.71 bits per heavy atom. The normalized spacial score (nSPS) is 12.8. The zero-order valence-corrected chi connectivity index (χ0v) is 9.42. The van der Waals surface area contributed by atoms with Gasteiger partial charge in [0.2, 0.25) is 0 Å². The minimum atomic E-state index is 0.0803. The maximum absolute atomic E-state index is 8.51. The second-order valence-electron chi connectivity index (χ2n) is 3.65. The number of rotatable bonds is 8. The molecule has 0 aromatic rings. The number of hydrogen-bond donors (Lipinski definition) is 1. The molecule has 14 heavy (non-hydrogen) atoms. The molecule has 1 unspecified atom stereocenters. The summed E-state index contributed by atoms with van der Waals surface area (Å²) in [6.45, 7) is 5.90. The van der Waals surface area contributed by atoms with E-state index < -0.39 is 0 Å². The first-order chi connectivity index (χ1) is 6.66. The smallest absolute Gasteiger partial charge is 0.0666 e. The van der Waals surface area contributed by atoms with E-state index >= 15 is 0 Å². The monoisotopic (exact) mass is 199 g/mol. The fourth-order valence-corrected chi connectivity index (χ4v) is 0.858. The maximum atomic E-state index is 8.51. The summed E-state index contributed by atoms with van der Waals surface area (Å²) in [6, 6.07) is 2.17. The molecule has 0 fully saturated rings. The van der Waals surface area contributed by atoms with Crippen LogP contribution in [0.25, 0.3) is 0 Å². The molecule has 4 nitrogen and oxygen atoms in total. The highest BCUT2D eigenvalue weighted by molar-refractivity contribution is 4.79. The molecule has 0 bridgehead atoms. The van der Waals surface area contributed by atoms with E-state index in [1.807, 2.05) is 21.0 Å². The van der Waals surface area contributed by atoms with Crippen molar-refractivity contribution in [3.63, 3.8) is 0 Å². The van der Waals surface area contributed by atoms with Crippen molar-refractivity contribution in [2.75, 3.05) is 46.9 Å². The molecule has 0 saturated heterocycles. The lowest BCUT2D eigenvalue weighted by Crippen LogP contribution is -2.26. The molecule has 0 heterocycles. The van der Waals surface area contributed by atoms with Gasteiger partial charge in [-0.05, 0) is 21.0 Å². The van der Waals surface area contributed by atoms with Crippen LogP contribution in [0.1, 0.15) is 6.92 Å². The Morgan fingerprint density at radius 1 is 1.43 bits per heavy atom. The lowest BCUT2D eigenvalue weighted by Gasteiger charge is -2.10. The van der Waals surface area contributed by atoms with Crippen LogP contribution in [0.3, 0.4) is 0 Å². The fourth-order valence-electron chi connectivity index (χ4n) is 0.858. The quantitative estimate of drug-likeness (QED) is 0.572. The maximum Gasteiger partial charge on any atom is 0.0666 e. The molecule has 0 spiro atoms. The van der Waals surface area contributed by atoms with E-state index in [1.165, 1.54) is 0 Å². The average Bonchev–Trinajstić information content (AvgIpc) is 2.15. The molecule has 1 atom stereocenters. The van der Waals surface area contributed by atoms with E-state index in [-0.39, 0.29) is 5.92 Å². The van der Waals surface area contributed by atoms with E-state index in [0.29, 0.717) is 6.61 Å². The molecule has 0 aliphatic carbocycles. The van der Waals surface area contributed by atoms with Gasteiger partial charge in [0.1, 0.15) is 0 Å². The van der Waals surface area contributed by atoms with Crippen LogP contribution >= 0.6 is 0 Å². The van der Waals surface area contributed by atoms with E-state index in [4.69, 9.17) is 10.00 Å². The van der Waals surface area contributed by atoms with Crippen LogP contribution in [0.4, 0.5) is 0 Å². The van der Waals surface area contributed by atoms with Gasteiger partial charge in [0.25, 0.3) is 0 Å². The Kier molecular flexibility index (Phi) is 8.54. The number of nitriles is 1. The molecule has 0 rings (SSSR count). The van der Waals surface area contributed by atoms with Gasteiger partial charge in [-0.2, -0.15) is 5.26 Å². The lowest BCUT2D eigenvalue weighted by molar-refractivity contribution is 0.119. The van der Waals surface area contributed by atoms with Crippen molar-refractivity contribution in [2.45, 2.75) is 6.92 Å². The van der Waals surface area contributed by atoms with E-state index in [9.17, 15) is 0 Å². The van der Waals surface area contributed by atoms with Crippen molar-refractivity contribution in [3.05, 3.63) is 0 Å². The zero-order chi connectivity index (χ0) is 10.8. The van der Waals surface area contributed by atoms with E-state index in [2.05, 4.69) is 16.3 Å². The van der Waals surface area contributed by atoms with Gasteiger partial charge in [0.05, 0.1) is 25.2 Å². The Labute approximate surface area is 86.8 Å². The zero-order valence-electron chi connectivity index (χ0n) is 9.42. The van der Waals surface area contributed by atoms with Crippen molar-refractivity contribution < 1.29 is 4.74 Å². The van der Waals surface area contributed by atoms with Gasteiger partial charge in [-0.1, -0.05) is 0 Å². The first-order valence-corrected chi connectivity index (χ1v) is 4.99. The number of hydrogen-bond acceptors (Lipinski definition) is 4. The van der Waals surface area contributed by atoms with Crippen molar-refractivity contribution in [1.29, 1.82) is 5.26 Å². The summed E-state index contributed by atoms with van der Waals surface area (Å²) in [5.74, 6) is 0.0803. The second kappa shape index (κ2) is 8.95. The second-order valence-corrected chi connectivity index (χ2v) is 3.65. The van der Waals surface area contributed by atoms with Gasteiger partial charge in [-0.15, -0.1) is 0 Å². The molecule has 0 amide bonds.